The molecule has 0 unspecified atom stereocenters. The van der Waals surface area contributed by atoms with Crippen LogP contribution in [0.4, 0.5) is 8.78 Å². The van der Waals surface area contributed by atoms with E-state index in [-0.39, 0.29) is 12.4 Å². The second kappa shape index (κ2) is 5.38. The van der Waals surface area contributed by atoms with E-state index in [0.717, 1.165) is 12.1 Å². The molecule has 0 saturated heterocycles. The number of aldehydes is 1. The summed E-state index contributed by atoms with van der Waals surface area (Å²) in [4.78, 5) is 21.2. The highest BCUT2D eigenvalue weighted by Gasteiger charge is 2.44. The van der Waals surface area contributed by atoms with Gasteiger partial charge in [0.25, 0.3) is 0 Å². The van der Waals surface area contributed by atoms with Crippen LogP contribution in [0.3, 0.4) is 0 Å². The molecule has 0 saturated carbocycles. The molecular weight excluding hydrogens is 234 g/mol. The third kappa shape index (κ3) is 3.51. The Morgan fingerprint density at radius 1 is 1.35 bits per heavy atom. The summed E-state index contributed by atoms with van der Waals surface area (Å²) in [6.07, 6.45) is -3.48. The van der Waals surface area contributed by atoms with Crippen molar-refractivity contribution in [3.8, 4) is 5.75 Å². The van der Waals surface area contributed by atoms with Gasteiger partial charge in [0.05, 0.1) is 6.61 Å². The van der Waals surface area contributed by atoms with Crippen LogP contribution in [0.2, 0.25) is 0 Å². The molecule has 0 radical (unpaired) electrons. The fraction of sp³-hybridized carbons (Fsp3) is 0.273. The zero-order valence-corrected chi connectivity index (χ0v) is 8.98. The highest BCUT2D eigenvalue weighted by atomic mass is 19.3. The minimum Gasteiger partial charge on any atom is -0.459 e. The fourth-order valence-corrected chi connectivity index (χ4v) is 1.02. The van der Waals surface area contributed by atoms with Gasteiger partial charge in [0.1, 0.15) is 12.0 Å². The van der Waals surface area contributed by atoms with Gasteiger partial charge in [-0.15, -0.1) is 0 Å². The van der Waals surface area contributed by atoms with Crippen molar-refractivity contribution in [2.24, 2.45) is 0 Å². The predicted octanol–water partition coefficient (Wildman–Crippen LogP) is 2.03. The van der Waals surface area contributed by atoms with E-state index in [4.69, 9.17) is 0 Å². The Kier molecular flexibility index (Phi) is 4.14. The number of hydrogen-bond acceptors (Lipinski definition) is 4. The van der Waals surface area contributed by atoms with E-state index >= 15 is 0 Å². The lowest BCUT2D eigenvalue weighted by molar-refractivity contribution is -0.216. The fourth-order valence-electron chi connectivity index (χ4n) is 1.02. The van der Waals surface area contributed by atoms with Crippen LogP contribution < -0.4 is 4.74 Å². The standard InChI is InChI=1S/C11H10F2O4/c1-2-16-10(15)11(12,13)17-9-5-3-8(7-14)4-6-9/h3-7H,2H2,1H3. The number of esters is 1. The summed E-state index contributed by atoms with van der Waals surface area (Å²) in [5, 5.41) is 0. The Morgan fingerprint density at radius 3 is 2.41 bits per heavy atom. The highest BCUT2D eigenvalue weighted by Crippen LogP contribution is 2.22. The van der Waals surface area contributed by atoms with Crippen molar-refractivity contribution in [2.75, 3.05) is 6.61 Å². The molecular formula is C11H10F2O4. The van der Waals surface area contributed by atoms with Gasteiger partial charge in [-0.25, -0.2) is 4.79 Å². The van der Waals surface area contributed by atoms with Gasteiger partial charge in [0.15, 0.2) is 0 Å². The Morgan fingerprint density at radius 2 is 1.94 bits per heavy atom. The SMILES string of the molecule is CCOC(=O)C(F)(F)Oc1ccc(C=O)cc1. The Bertz CT molecular complexity index is 400. The van der Waals surface area contributed by atoms with Gasteiger partial charge in [0.2, 0.25) is 0 Å². The number of halogens is 2. The maximum absolute atomic E-state index is 13.1. The van der Waals surface area contributed by atoms with Crippen molar-refractivity contribution >= 4 is 12.3 Å². The molecule has 0 spiro atoms. The van der Waals surface area contributed by atoms with Crippen molar-refractivity contribution in [3.05, 3.63) is 29.8 Å². The quantitative estimate of drug-likeness (QED) is 0.587. The molecule has 1 aromatic rings. The zero-order chi connectivity index (χ0) is 12.9. The first-order chi connectivity index (χ1) is 7.99. The first-order valence-electron chi connectivity index (χ1n) is 4.79. The number of benzene rings is 1. The van der Waals surface area contributed by atoms with E-state index in [0.29, 0.717) is 11.8 Å². The molecule has 92 valence electrons. The molecule has 0 bridgehead atoms. The molecule has 0 aliphatic carbocycles. The summed E-state index contributed by atoms with van der Waals surface area (Å²) in [7, 11) is 0. The summed E-state index contributed by atoms with van der Waals surface area (Å²) in [5.74, 6) is -1.98. The van der Waals surface area contributed by atoms with E-state index in [1.54, 1.807) is 0 Å². The molecule has 6 heteroatoms. The molecule has 0 aliphatic heterocycles. The first kappa shape index (κ1) is 13.1. The molecule has 0 N–H and O–H groups in total. The third-order valence-corrected chi connectivity index (χ3v) is 1.78. The summed E-state index contributed by atoms with van der Waals surface area (Å²) < 4.78 is 34.6. The summed E-state index contributed by atoms with van der Waals surface area (Å²) in [5.41, 5.74) is 0.316. The van der Waals surface area contributed by atoms with Crippen molar-refractivity contribution in [1.82, 2.24) is 0 Å². The van der Waals surface area contributed by atoms with Crippen LogP contribution in [-0.2, 0) is 9.53 Å². The van der Waals surface area contributed by atoms with Gasteiger partial charge in [-0.05, 0) is 31.2 Å². The first-order valence-corrected chi connectivity index (χ1v) is 4.79. The number of carbonyl (C=O) groups excluding carboxylic acids is 2. The Labute approximate surface area is 96.1 Å². The monoisotopic (exact) mass is 244 g/mol. The van der Waals surface area contributed by atoms with E-state index < -0.39 is 12.1 Å². The summed E-state index contributed by atoms with van der Waals surface area (Å²) in [6.45, 7) is 1.24. The summed E-state index contributed by atoms with van der Waals surface area (Å²) >= 11 is 0. The van der Waals surface area contributed by atoms with Gasteiger partial charge in [-0.2, -0.15) is 8.78 Å². The topological polar surface area (TPSA) is 52.6 Å². The van der Waals surface area contributed by atoms with Gasteiger partial charge in [0, 0.05) is 5.56 Å². The minimum atomic E-state index is -4.04. The molecule has 17 heavy (non-hydrogen) atoms. The maximum atomic E-state index is 13.1. The van der Waals surface area contributed by atoms with Crippen molar-refractivity contribution in [1.29, 1.82) is 0 Å². The average Bonchev–Trinajstić information content (AvgIpc) is 2.30. The number of alkyl halides is 2. The van der Waals surface area contributed by atoms with Gasteiger partial charge in [-0.1, -0.05) is 0 Å². The van der Waals surface area contributed by atoms with Crippen molar-refractivity contribution in [2.45, 2.75) is 13.0 Å². The largest absolute Gasteiger partial charge is 0.502 e. The lowest BCUT2D eigenvalue weighted by atomic mass is 10.2. The van der Waals surface area contributed by atoms with Crippen LogP contribution in [0.15, 0.2) is 24.3 Å². The molecule has 1 aromatic carbocycles. The van der Waals surface area contributed by atoms with Crippen LogP contribution >= 0.6 is 0 Å². The lowest BCUT2D eigenvalue weighted by Gasteiger charge is -2.15. The maximum Gasteiger partial charge on any atom is 0.502 e. The predicted molar refractivity (Wildman–Crippen MR) is 54.0 cm³/mol. The second-order valence-electron chi connectivity index (χ2n) is 3.03. The van der Waals surface area contributed by atoms with Gasteiger partial charge < -0.3 is 9.47 Å². The van der Waals surface area contributed by atoms with Crippen LogP contribution in [0.1, 0.15) is 17.3 Å². The third-order valence-electron chi connectivity index (χ3n) is 1.78. The van der Waals surface area contributed by atoms with E-state index in [2.05, 4.69) is 9.47 Å². The number of hydrogen-bond donors (Lipinski definition) is 0. The van der Waals surface area contributed by atoms with Crippen LogP contribution in [0, 0.1) is 0 Å². The average molecular weight is 244 g/mol. The molecule has 0 atom stereocenters. The van der Waals surface area contributed by atoms with Crippen LogP contribution in [0.25, 0.3) is 0 Å². The number of carbonyl (C=O) groups is 2. The molecule has 0 aliphatic rings. The van der Waals surface area contributed by atoms with Gasteiger partial charge >= 0.3 is 12.1 Å². The lowest BCUT2D eigenvalue weighted by Crippen LogP contribution is -2.36. The minimum absolute atomic E-state index is 0.165. The Hall–Kier alpha value is -1.98. The molecule has 0 fully saturated rings. The van der Waals surface area contributed by atoms with E-state index in [1.807, 2.05) is 0 Å². The van der Waals surface area contributed by atoms with Crippen LogP contribution in [-0.4, -0.2) is 25.0 Å². The molecule has 0 heterocycles. The van der Waals surface area contributed by atoms with E-state index in [9.17, 15) is 18.4 Å². The Balaban J connectivity index is 2.74. The highest BCUT2D eigenvalue weighted by molar-refractivity contribution is 5.76. The second-order valence-corrected chi connectivity index (χ2v) is 3.03. The normalized spacial score (nSPS) is 10.8. The molecule has 4 nitrogen and oxygen atoms in total. The number of rotatable bonds is 5. The van der Waals surface area contributed by atoms with Crippen molar-refractivity contribution < 1.29 is 27.8 Å². The molecule has 0 amide bonds. The molecule has 0 aromatic heterocycles. The smallest absolute Gasteiger partial charge is 0.459 e. The van der Waals surface area contributed by atoms with Crippen molar-refractivity contribution in [3.63, 3.8) is 0 Å². The van der Waals surface area contributed by atoms with E-state index in [1.165, 1.54) is 19.1 Å². The number of ether oxygens (including phenoxy) is 2. The summed E-state index contributed by atoms with van der Waals surface area (Å²) in [6, 6.07) is 4.92. The van der Waals surface area contributed by atoms with Crippen LogP contribution in [0.5, 0.6) is 5.75 Å². The zero-order valence-electron chi connectivity index (χ0n) is 8.98. The molecule has 1 rings (SSSR count). The van der Waals surface area contributed by atoms with Gasteiger partial charge in [-0.3, -0.25) is 4.79 Å².